The summed E-state index contributed by atoms with van der Waals surface area (Å²) in [5.41, 5.74) is -2.21. The number of benzene rings is 1. The molecule has 0 spiro atoms. The first-order chi connectivity index (χ1) is 7.57. The van der Waals surface area contributed by atoms with Crippen LogP contribution in [-0.2, 0) is 15.2 Å². The quantitative estimate of drug-likeness (QED) is 0.802. The van der Waals surface area contributed by atoms with E-state index in [-0.39, 0.29) is 0 Å². The third-order valence-electron chi connectivity index (χ3n) is 1.75. The maximum absolute atomic E-state index is 12.5. The summed E-state index contributed by atoms with van der Waals surface area (Å²) in [5, 5.41) is 17.6. The predicted molar refractivity (Wildman–Crippen MR) is 50.9 cm³/mol. The van der Waals surface area contributed by atoms with Gasteiger partial charge in [0, 0.05) is 10.7 Å². The Hall–Kier alpha value is -1.46. The number of nitriles is 1. The molecular weight excluding hydrogens is 283 g/mol. The van der Waals surface area contributed by atoms with Crippen LogP contribution in [0.5, 0.6) is 5.75 Å². The van der Waals surface area contributed by atoms with Crippen molar-refractivity contribution in [2.45, 2.75) is 11.1 Å². The van der Waals surface area contributed by atoms with Crippen molar-refractivity contribution in [3.8, 4) is 11.8 Å². The van der Waals surface area contributed by atoms with E-state index >= 15 is 0 Å². The molecule has 0 aliphatic rings. The molecule has 0 radical (unpaired) electrons. The largest absolute Gasteiger partial charge is 0.506 e. The Bertz CT molecular complexity index is 604. The van der Waals surface area contributed by atoms with Gasteiger partial charge in [0.1, 0.15) is 10.6 Å². The topological polar surface area (TPSA) is 78.2 Å². The van der Waals surface area contributed by atoms with Gasteiger partial charge in [-0.25, -0.2) is 8.42 Å². The molecule has 17 heavy (non-hydrogen) atoms. The average Bonchev–Trinajstić information content (AvgIpc) is 2.12. The molecule has 9 heteroatoms. The molecule has 0 aromatic heterocycles. The van der Waals surface area contributed by atoms with E-state index in [4.69, 9.17) is 15.9 Å². The minimum atomic E-state index is -5.05. The highest BCUT2D eigenvalue weighted by atomic mass is 35.7. The van der Waals surface area contributed by atoms with Crippen LogP contribution in [0.25, 0.3) is 0 Å². The molecule has 0 bridgehead atoms. The van der Waals surface area contributed by atoms with E-state index in [0.717, 1.165) is 0 Å². The van der Waals surface area contributed by atoms with E-state index in [9.17, 15) is 26.7 Å². The van der Waals surface area contributed by atoms with Gasteiger partial charge < -0.3 is 5.11 Å². The highest BCUT2D eigenvalue weighted by Gasteiger charge is 2.39. The minimum Gasteiger partial charge on any atom is -0.506 e. The highest BCUT2D eigenvalue weighted by molar-refractivity contribution is 8.13. The monoisotopic (exact) mass is 285 g/mol. The number of nitrogens with zero attached hydrogens (tertiary/aromatic N) is 1. The van der Waals surface area contributed by atoms with Crippen LogP contribution in [0.1, 0.15) is 11.1 Å². The average molecular weight is 286 g/mol. The summed E-state index contributed by atoms with van der Waals surface area (Å²) in [6.45, 7) is 0. The molecule has 0 unspecified atom stereocenters. The molecule has 0 aliphatic heterocycles. The lowest BCUT2D eigenvalue weighted by Crippen LogP contribution is -2.11. The van der Waals surface area contributed by atoms with Crippen molar-refractivity contribution in [2.24, 2.45) is 0 Å². The molecule has 92 valence electrons. The third kappa shape index (κ3) is 2.81. The van der Waals surface area contributed by atoms with Gasteiger partial charge in [-0.1, -0.05) is 0 Å². The molecule has 0 aliphatic carbocycles. The van der Waals surface area contributed by atoms with Crippen LogP contribution in [-0.4, -0.2) is 13.5 Å². The molecule has 1 rings (SSSR count). The molecule has 0 saturated carbocycles. The van der Waals surface area contributed by atoms with Crippen LogP contribution < -0.4 is 0 Å². The maximum Gasteiger partial charge on any atom is 0.417 e. The van der Waals surface area contributed by atoms with E-state index in [1.807, 2.05) is 0 Å². The SMILES string of the molecule is N#Cc1cc(O)c(S(=O)(=O)Cl)c(C(F)(F)F)c1. The number of alkyl halides is 3. The number of hydrogen-bond acceptors (Lipinski definition) is 4. The number of phenols is 1. The lowest BCUT2D eigenvalue weighted by atomic mass is 10.1. The highest BCUT2D eigenvalue weighted by Crippen LogP contribution is 2.40. The Labute approximate surface area is 98.3 Å². The first-order valence-electron chi connectivity index (χ1n) is 3.86. The zero-order valence-electron chi connectivity index (χ0n) is 7.79. The number of aromatic hydroxyl groups is 1. The van der Waals surface area contributed by atoms with Crippen molar-refractivity contribution in [2.75, 3.05) is 0 Å². The molecule has 0 atom stereocenters. The van der Waals surface area contributed by atoms with Crippen LogP contribution in [0.3, 0.4) is 0 Å². The standard InChI is InChI=1S/C8H3ClF3NO3S/c9-17(15,16)7-5(8(10,11)12)1-4(3-13)2-6(7)14/h1-2,14H. The number of halogens is 4. The fourth-order valence-corrected chi connectivity index (χ4v) is 2.38. The lowest BCUT2D eigenvalue weighted by Gasteiger charge is -2.12. The molecule has 0 heterocycles. The van der Waals surface area contributed by atoms with E-state index in [1.54, 1.807) is 0 Å². The second-order valence-electron chi connectivity index (χ2n) is 2.92. The van der Waals surface area contributed by atoms with Crippen molar-refractivity contribution >= 4 is 19.7 Å². The molecular formula is C8H3ClF3NO3S. The van der Waals surface area contributed by atoms with Gasteiger partial charge in [-0.3, -0.25) is 0 Å². The summed E-state index contributed by atoms with van der Waals surface area (Å²) in [6, 6.07) is 2.25. The molecule has 0 amide bonds. The second kappa shape index (κ2) is 4.09. The van der Waals surface area contributed by atoms with Crippen LogP contribution in [0.2, 0.25) is 0 Å². The van der Waals surface area contributed by atoms with Crippen molar-refractivity contribution in [1.82, 2.24) is 0 Å². The van der Waals surface area contributed by atoms with Crippen molar-refractivity contribution < 1.29 is 26.7 Å². The zero-order chi connectivity index (χ0) is 13.4. The number of hydrogen-bond donors (Lipinski definition) is 1. The molecule has 0 saturated heterocycles. The van der Waals surface area contributed by atoms with Gasteiger partial charge in [-0.05, 0) is 12.1 Å². The van der Waals surface area contributed by atoms with Crippen LogP contribution in [0.15, 0.2) is 17.0 Å². The van der Waals surface area contributed by atoms with Crippen LogP contribution in [0.4, 0.5) is 13.2 Å². The van der Waals surface area contributed by atoms with Gasteiger partial charge in [0.25, 0.3) is 9.05 Å². The predicted octanol–water partition coefficient (Wildman–Crippen LogP) is 2.21. The smallest absolute Gasteiger partial charge is 0.417 e. The van der Waals surface area contributed by atoms with Crippen molar-refractivity contribution in [3.05, 3.63) is 23.3 Å². The maximum atomic E-state index is 12.5. The van der Waals surface area contributed by atoms with Gasteiger partial charge in [-0.2, -0.15) is 18.4 Å². The van der Waals surface area contributed by atoms with Gasteiger partial charge in [0.2, 0.25) is 0 Å². The van der Waals surface area contributed by atoms with Gasteiger partial charge >= 0.3 is 6.18 Å². The second-order valence-corrected chi connectivity index (χ2v) is 5.42. The lowest BCUT2D eigenvalue weighted by molar-refractivity contribution is -0.140. The molecule has 1 N–H and O–H groups in total. The molecule has 4 nitrogen and oxygen atoms in total. The summed E-state index contributed by atoms with van der Waals surface area (Å²) < 4.78 is 59.5. The Morgan fingerprint density at radius 1 is 1.35 bits per heavy atom. The molecule has 1 aromatic rings. The number of rotatable bonds is 1. The zero-order valence-corrected chi connectivity index (χ0v) is 9.36. The fraction of sp³-hybridized carbons (Fsp3) is 0.125. The van der Waals surface area contributed by atoms with Crippen LogP contribution in [0, 0.1) is 11.3 Å². The Balaban J connectivity index is 3.78. The van der Waals surface area contributed by atoms with E-state index in [2.05, 4.69) is 0 Å². The normalized spacial score (nSPS) is 12.2. The van der Waals surface area contributed by atoms with Gasteiger partial charge in [-0.15, -0.1) is 0 Å². The third-order valence-corrected chi connectivity index (χ3v) is 3.13. The Morgan fingerprint density at radius 2 is 1.88 bits per heavy atom. The van der Waals surface area contributed by atoms with Crippen molar-refractivity contribution in [1.29, 1.82) is 5.26 Å². The van der Waals surface area contributed by atoms with Crippen LogP contribution >= 0.6 is 10.7 Å². The minimum absolute atomic E-state index is 0.301. The summed E-state index contributed by atoms with van der Waals surface area (Å²) in [4.78, 5) is -1.45. The number of phenolic OH excluding ortho intramolecular Hbond substituents is 1. The van der Waals surface area contributed by atoms with E-state index in [0.29, 0.717) is 12.1 Å². The summed E-state index contributed by atoms with van der Waals surface area (Å²) in [5.74, 6) is -1.22. The molecule has 1 aromatic carbocycles. The summed E-state index contributed by atoms with van der Waals surface area (Å²) >= 11 is 0. The summed E-state index contributed by atoms with van der Waals surface area (Å²) in [6.07, 6.45) is -5.05. The van der Waals surface area contributed by atoms with Crippen molar-refractivity contribution in [3.63, 3.8) is 0 Å². The van der Waals surface area contributed by atoms with Gasteiger partial charge in [0.05, 0.1) is 17.2 Å². The van der Waals surface area contributed by atoms with E-state index in [1.165, 1.54) is 6.07 Å². The first-order valence-corrected chi connectivity index (χ1v) is 6.17. The van der Waals surface area contributed by atoms with Gasteiger partial charge in [0.15, 0.2) is 0 Å². The fourth-order valence-electron chi connectivity index (χ4n) is 1.14. The molecule has 0 fully saturated rings. The first kappa shape index (κ1) is 13.6. The van der Waals surface area contributed by atoms with E-state index < -0.39 is 37.0 Å². The Kier molecular flexibility index (Phi) is 3.27. The Morgan fingerprint density at radius 3 is 2.24 bits per heavy atom. The summed E-state index contributed by atoms with van der Waals surface area (Å²) in [7, 11) is 0.0204.